The van der Waals surface area contributed by atoms with Crippen molar-refractivity contribution in [3.63, 3.8) is 0 Å². The third-order valence-corrected chi connectivity index (χ3v) is 4.15. The molecule has 0 fully saturated rings. The predicted molar refractivity (Wildman–Crippen MR) is 90.5 cm³/mol. The van der Waals surface area contributed by atoms with Gasteiger partial charge in [0.15, 0.2) is 0 Å². The van der Waals surface area contributed by atoms with E-state index >= 15 is 0 Å². The molecule has 1 aromatic carbocycles. The molecule has 0 aliphatic heterocycles. The Morgan fingerprint density at radius 2 is 1.82 bits per heavy atom. The van der Waals surface area contributed by atoms with Crippen molar-refractivity contribution in [1.82, 2.24) is 5.32 Å². The number of hydrogen-bond acceptors (Lipinski definition) is 3. The molecule has 0 aliphatic rings. The van der Waals surface area contributed by atoms with Gasteiger partial charge in [0.2, 0.25) is 10.0 Å². The summed E-state index contributed by atoms with van der Waals surface area (Å²) in [5.74, 6) is 0.385. The van der Waals surface area contributed by atoms with Gasteiger partial charge in [-0.25, -0.2) is 8.42 Å². The van der Waals surface area contributed by atoms with Crippen molar-refractivity contribution in [2.24, 2.45) is 5.92 Å². The van der Waals surface area contributed by atoms with Crippen LogP contribution in [0.25, 0.3) is 0 Å². The van der Waals surface area contributed by atoms with E-state index in [1.807, 2.05) is 0 Å². The van der Waals surface area contributed by atoms with Crippen molar-refractivity contribution < 1.29 is 13.2 Å². The highest BCUT2D eigenvalue weighted by atomic mass is 32.2. The van der Waals surface area contributed by atoms with Crippen LogP contribution in [0.5, 0.6) is 0 Å². The van der Waals surface area contributed by atoms with Crippen molar-refractivity contribution in [3.8, 4) is 0 Å². The van der Waals surface area contributed by atoms with Crippen LogP contribution in [0, 0.1) is 5.92 Å². The van der Waals surface area contributed by atoms with Gasteiger partial charge >= 0.3 is 0 Å². The molecule has 1 rings (SSSR count). The van der Waals surface area contributed by atoms with E-state index in [0.717, 1.165) is 19.1 Å². The Balaban J connectivity index is 2.55. The van der Waals surface area contributed by atoms with E-state index in [1.165, 1.54) is 12.8 Å². The van der Waals surface area contributed by atoms with E-state index in [4.69, 9.17) is 0 Å². The second-order valence-corrected chi connectivity index (χ2v) is 7.33. The van der Waals surface area contributed by atoms with Crippen LogP contribution in [0.1, 0.15) is 49.9 Å². The fraction of sp³-hybridized carbons (Fsp3) is 0.562. The summed E-state index contributed by atoms with van der Waals surface area (Å²) < 4.78 is 24.6. The first kappa shape index (κ1) is 18.5. The minimum atomic E-state index is -3.29. The Morgan fingerprint density at radius 3 is 2.32 bits per heavy atom. The molecule has 2 N–H and O–H groups in total. The van der Waals surface area contributed by atoms with E-state index in [1.54, 1.807) is 24.3 Å². The van der Waals surface area contributed by atoms with Crippen molar-refractivity contribution in [2.75, 3.05) is 17.5 Å². The summed E-state index contributed by atoms with van der Waals surface area (Å²) in [5.41, 5.74) is 0.984. The quantitative estimate of drug-likeness (QED) is 0.732. The van der Waals surface area contributed by atoms with Crippen LogP contribution in [-0.4, -0.2) is 27.1 Å². The SMILES string of the molecule is CCCCC(CC)CNC(=O)c1ccc(NS(C)(=O)=O)cc1. The lowest BCUT2D eigenvalue weighted by Gasteiger charge is -2.15. The molecule has 0 saturated heterocycles. The van der Waals surface area contributed by atoms with Crippen molar-refractivity contribution in [2.45, 2.75) is 39.5 Å². The van der Waals surface area contributed by atoms with Crippen LogP contribution in [0.3, 0.4) is 0 Å². The molecule has 0 spiro atoms. The van der Waals surface area contributed by atoms with Gasteiger partial charge < -0.3 is 5.32 Å². The number of carbonyl (C=O) groups is 1. The normalized spacial score (nSPS) is 12.7. The molecule has 0 aliphatic carbocycles. The zero-order valence-electron chi connectivity index (χ0n) is 13.6. The van der Waals surface area contributed by atoms with Gasteiger partial charge in [-0.15, -0.1) is 0 Å². The summed E-state index contributed by atoms with van der Waals surface area (Å²) in [4.78, 5) is 12.1. The van der Waals surface area contributed by atoms with Gasteiger partial charge in [0.1, 0.15) is 0 Å². The summed E-state index contributed by atoms with van der Waals surface area (Å²) in [6.07, 6.45) is 5.62. The van der Waals surface area contributed by atoms with Crippen LogP contribution in [0.15, 0.2) is 24.3 Å². The maximum absolute atomic E-state index is 12.1. The number of hydrogen-bond donors (Lipinski definition) is 2. The average Bonchev–Trinajstić information content (AvgIpc) is 2.46. The van der Waals surface area contributed by atoms with Crippen LogP contribution < -0.4 is 10.0 Å². The maximum Gasteiger partial charge on any atom is 0.251 e. The maximum atomic E-state index is 12.1. The van der Waals surface area contributed by atoms with Crippen molar-refractivity contribution >= 4 is 21.6 Å². The highest BCUT2D eigenvalue weighted by Crippen LogP contribution is 2.13. The van der Waals surface area contributed by atoms with Crippen LogP contribution in [0.4, 0.5) is 5.69 Å². The van der Waals surface area contributed by atoms with Gasteiger partial charge in [0.05, 0.1) is 6.26 Å². The molecule has 0 heterocycles. The Hall–Kier alpha value is -1.56. The summed E-state index contributed by atoms with van der Waals surface area (Å²) in [6.45, 7) is 4.98. The largest absolute Gasteiger partial charge is 0.352 e. The molecule has 0 radical (unpaired) electrons. The number of rotatable bonds is 9. The number of amides is 1. The lowest BCUT2D eigenvalue weighted by Crippen LogP contribution is -2.29. The summed E-state index contributed by atoms with van der Waals surface area (Å²) >= 11 is 0. The summed E-state index contributed by atoms with van der Waals surface area (Å²) in [6, 6.07) is 6.42. The smallest absolute Gasteiger partial charge is 0.251 e. The van der Waals surface area contributed by atoms with E-state index < -0.39 is 10.0 Å². The highest BCUT2D eigenvalue weighted by molar-refractivity contribution is 7.92. The molecular formula is C16H26N2O3S. The zero-order valence-corrected chi connectivity index (χ0v) is 14.4. The van der Waals surface area contributed by atoms with Gasteiger partial charge in [0.25, 0.3) is 5.91 Å². The first-order valence-electron chi connectivity index (χ1n) is 7.71. The molecule has 6 heteroatoms. The second-order valence-electron chi connectivity index (χ2n) is 5.58. The Labute approximate surface area is 133 Å². The predicted octanol–water partition coefficient (Wildman–Crippen LogP) is 3.00. The Kier molecular flexibility index (Phi) is 7.38. The molecule has 1 unspecified atom stereocenters. The lowest BCUT2D eigenvalue weighted by atomic mass is 9.99. The van der Waals surface area contributed by atoms with Crippen LogP contribution in [-0.2, 0) is 10.0 Å². The molecule has 1 atom stereocenters. The highest BCUT2D eigenvalue weighted by Gasteiger charge is 2.10. The monoisotopic (exact) mass is 326 g/mol. The number of benzene rings is 1. The van der Waals surface area contributed by atoms with E-state index in [0.29, 0.717) is 23.7 Å². The molecule has 124 valence electrons. The van der Waals surface area contributed by atoms with Crippen molar-refractivity contribution in [3.05, 3.63) is 29.8 Å². The number of sulfonamides is 1. The van der Waals surface area contributed by atoms with Gasteiger partial charge in [0, 0.05) is 17.8 Å². The first-order valence-corrected chi connectivity index (χ1v) is 9.61. The van der Waals surface area contributed by atoms with Crippen LogP contribution >= 0.6 is 0 Å². The van der Waals surface area contributed by atoms with E-state index in [2.05, 4.69) is 23.9 Å². The minimum Gasteiger partial charge on any atom is -0.352 e. The number of unbranched alkanes of at least 4 members (excludes halogenated alkanes) is 1. The van der Waals surface area contributed by atoms with Gasteiger partial charge in [-0.05, 0) is 36.6 Å². The second kappa shape index (κ2) is 8.78. The molecule has 1 aromatic rings. The minimum absolute atomic E-state index is 0.124. The van der Waals surface area contributed by atoms with Gasteiger partial charge in [-0.3, -0.25) is 9.52 Å². The summed E-state index contributed by atoms with van der Waals surface area (Å²) in [5, 5.41) is 2.95. The molecule has 0 saturated carbocycles. The third-order valence-electron chi connectivity index (χ3n) is 3.54. The van der Waals surface area contributed by atoms with Crippen LogP contribution in [0.2, 0.25) is 0 Å². The molecular weight excluding hydrogens is 300 g/mol. The number of anilines is 1. The first-order chi connectivity index (χ1) is 10.4. The molecule has 5 nitrogen and oxygen atoms in total. The molecule has 22 heavy (non-hydrogen) atoms. The van der Waals surface area contributed by atoms with Gasteiger partial charge in [-0.1, -0.05) is 33.1 Å². The Bertz CT molecular complexity index is 568. The molecule has 0 bridgehead atoms. The molecule has 0 aromatic heterocycles. The number of carbonyl (C=O) groups excluding carboxylic acids is 1. The zero-order chi connectivity index (χ0) is 16.6. The number of nitrogens with one attached hydrogen (secondary N) is 2. The summed E-state index contributed by atoms with van der Waals surface area (Å²) in [7, 11) is -3.29. The fourth-order valence-corrected chi connectivity index (χ4v) is 2.75. The standard InChI is InChI=1S/C16H26N2O3S/c1-4-6-7-13(5-2)12-17-16(19)14-8-10-15(11-9-14)18-22(3,20)21/h8-11,13,18H,4-7,12H2,1-3H3,(H,17,19). The van der Waals surface area contributed by atoms with E-state index in [9.17, 15) is 13.2 Å². The Morgan fingerprint density at radius 1 is 1.18 bits per heavy atom. The lowest BCUT2D eigenvalue weighted by molar-refractivity contribution is 0.0946. The van der Waals surface area contributed by atoms with Crippen molar-refractivity contribution in [1.29, 1.82) is 0 Å². The average molecular weight is 326 g/mol. The molecule has 1 amide bonds. The topological polar surface area (TPSA) is 75.3 Å². The third kappa shape index (κ3) is 6.93. The fourth-order valence-electron chi connectivity index (χ4n) is 2.19. The van der Waals surface area contributed by atoms with E-state index in [-0.39, 0.29) is 5.91 Å². The van der Waals surface area contributed by atoms with Gasteiger partial charge in [-0.2, -0.15) is 0 Å².